The van der Waals surface area contributed by atoms with Gasteiger partial charge in [-0.05, 0) is 35.7 Å². The van der Waals surface area contributed by atoms with E-state index in [0.717, 1.165) is 44.0 Å². The molecule has 1 atom stereocenters. The molecule has 0 aliphatic heterocycles. The predicted molar refractivity (Wildman–Crippen MR) is 112 cm³/mol. The largest absolute Gasteiger partial charge is 0.416 e. The van der Waals surface area contributed by atoms with Crippen molar-refractivity contribution in [2.75, 3.05) is 11.9 Å². The van der Waals surface area contributed by atoms with Gasteiger partial charge in [-0.15, -0.1) is 0 Å². The van der Waals surface area contributed by atoms with Crippen LogP contribution >= 0.6 is 11.3 Å². The summed E-state index contributed by atoms with van der Waals surface area (Å²) < 4.78 is 37.9. The highest BCUT2D eigenvalue weighted by atomic mass is 32.1. The zero-order chi connectivity index (χ0) is 21.1. The summed E-state index contributed by atoms with van der Waals surface area (Å²) in [5, 5.41) is 13.7. The number of thiazole rings is 1. The fourth-order valence-electron chi connectivity index (χ4n) is 3.06. The maximum absolute atomic E-state index is 12.6. The highest BCUT2D eigenvalue weighted by Crippen LogP contribution is 2.31. The van der Waals surface area contributed by atoms with Crippen LogP contribution < -0.4 is 11.1 Å². The molecule has 4 aromatic rings. The minimum Gasteiger partial charge on any atom is -0.360 e. The van der Waals surface area contributed by atoms with Crippen LogP contribution in [0.1, 0.15) is 11.1 Å². The number of benzene rings is 2. The lowest BCUT2D eigenvalue weighted by Gasteiger charge is -2.13. The quantitative estimate of drug-likeness (QED) is 0.462. The Balaban J connectivity index is 1.35. The monoisotopic (exact) mass is 429 g/mol. The molecule has 0 spiro atoms. The van der Waals surface area contributed by atoms with E-state index in [4.69, 9.17) is 5.73 Å². The highest BCUT2D eigenvalue weighted by molar-refractivity contribution is 7.18. The van der Waals surface area contributed by atoms with E-state index in [1.165, 1.54) is 23.5 Å². The molecule has 0 saturated heterocycles. The lowest BCUT2D eigenvalue weighted by molar-refractivity contribution is -0.137. The number of hydrogen-bond acceptors (Lipinski definition) is 6. The molecule has 9 heteroatoms. The first kappa shape index (κ1) is 20.2. The molecule has 30 heavy (non-hydrogen) atoms. The first-order valence-electron chi connectivity index (χ1n) is 9.21. The maximum atomic E-state index is 12.6. The Morgan fingerprint density at radius 3 is 2.43 bits per heavy atom. The van der Waals surface area contributed by atoms with Gasteiger partial charge in [0.2, 0.25) is 0 Å². The second-order valence-electron chi connectivity index (χ2n) is 6.90. The number of halogens is 3. The van der Waals surface area contributed by atoms with Crippen LogP contribution in [0.2, 0.25) is 0 Å². The zero-order valence-corrected chi connectivity index (χ0v) is 16.5. The summed E-state index contributed by atoms with van der Waals surface area (Å²) in [5.74, 6) is 0. The number of nitrogens with zero attached hydrogens (tertiary/aromatic N) is 3. The van der Waals surface area contributed by atoms with Crippen LogP contribution in [-0.2, 0) is 12.6 Å². The van der Waals surface area contributed by atoms with Gasteiger partial charge in [0.25, 0.3) is 0 Å². The van der Waals surface area contributed by atoms with Gasteiger partial charge in [0, 0.05) is 29.6 Å². The molecule has 0 bridgehead atoms. The topological polar surface area (TPSA) is 76.7 Å². The second-order valence-corrected chi connectivity index (χ2v) is 7.93. The molecular formula is C21H18F3N5S. The summed E-state index contributed by atoms with van der Waals surface area (Å²) in [5.41, 5.74) is 7.28. The van der Waals surface area contributed by atoms with Gasteiger partial charge < -0.3 is 11.1 Å². The fourth-order valence-corrected chi connectivity index (χ4v) is 3.88. The Morgan fingerprint density at radius 1 is 0.967 bits per heavy atom. The Bertz CT molecular complexity index is 1140. The minimum atomic E-state index is -4.33. The third-order valence-corrected chi connectivity index (χ3v) is 5.64. The Hall–Kier alpha value is -3.04. The van der Waals surface area contributed by atoms with E-state index in [2.05, 4.69) is 20.5 Å². The molecule has 2 heterocycles. The van der Waals surface area contributed by atoms with Crippen molar-refractivity contribution in [3.63, 3.8) is 0 Å². The van der Waals surface area contributed by atoms with Crippen LogP contribution in [0.4, 0.5) is 18.3 Å². The SMILES string of the molecule is N[C@H](CNc1ncc(-c2ccc3cnncc3c2)s1)Cc1ccc(C(F)(F)F)cc1. The maximum Gasteiger partial charge on any atom is 0.416 e. The number of fused-ring (bicyclic) bond motifs is 1. The van der Waals surface area contributed by atoms with Crippen LogP contribution in [0, 0.1) is 0 Å². The standard InChI is InChI=1S/C21H18F3N5S/c22-21(23,24)17-5-1-13(2-6-17)7-18(25)11-26-20-27-12-19(30-20)14-3-4-15-9-28-29-10-16(15)8-14/h1-6,8-10,12,18H,7,11,25H2,(H,26,27)/t18-/m0/s1. The summed E-state index contributed by atoms with van der Waals surface area (Å²) >= 11 is 1.51. The van der Waals surface area contributed by atoms with E-state index in [-0.39, 0.29) is 6.04 Å². The van der Waals surface area contributed by atoms with E-state index in [1.54, 1.807) is 18.6 Å². The van der Waals surface area contributed by atoms with Gasteiger partial charge in [-0.1, -0.05) is 35.6 Å². The van der Waals surface area contributed by atoms with Crippen LogP contribution in [0.15, 0.2) is 61.1 Å². The molecular weight excluding hydrogens is 411 g/mol. The van der Waals surface area contributed by atoms with Gasteiger partial charge in [0.15, 0.2) is 5.13 Å². The van der Waals surface area contributed by atoms with Gasteiger partial charge in [-0.25, -0.2) is 4.98 Å². The molecule has 2 aromatic carbocycles. The third-order valence-electron chi connectivity index (χ3n) is 4.63. The number of anilines is 1. The molecule has 2 aromatic heterocycles. The molecule has 0 unspecified atom stereocenters. The average molecular weight is 429 g/mol. The Labute approximate surface area is 174 Å². The number of alkyl halides is 3. The number of aromatic nitrogens is 3. The molecule has 0 radical (unpaired) electrons. The summed E-state index contributed by atoms with van der Waals surface area (Å²) in [4.78, 5) is 5.40. The van der Waals surface area contributed by atoms with Crippen molar-refractivity contribution in [3.05, 3.63) is 72.2 Å². The minimum absolute atomic E-state index is 0.256. The first-order valence-corrected chi connectivity index (χ1v) is 10.0. The highest BCUT2D eigenvalue weighted by Gasteiger charge is 2.29. The third kappa shape index (κ3) is 4.74. The smallest absolute Gasteiger partial charge is 0.360 e. The van der Waals surface area contributed by atoms with Crippen molar-refractivity contribution in [1.82, 2.24) is 15.2 Å². The molecule has 0 fully saturated rings. The van der Waals surface area contributed by atoms with Crippen molar-refractivity contribution in [2.24, 2.45) is 5.73 Å². The first-order chi connectivity index (χ1) is 14.4. The van der Waals surface area contributed by atoms with E-state index < -0.39 is 11.7 Å². The van der Waals surface area contributed by atoms with Crippen molar-refractivity contribution in [2.45, 2.75) is 18.6 Å². The lowest BCUT2D eigenvalue weighted by atomic mass is 10.0. The predicted octanol–water partition coefficient (Wildman–Crippen LogP) is 4.75. The van der Waals surface area contributed by atoms with E-state index >= 15 is 0 Å². The fraction of sp³-hybridized carbons (Fsp3) is 0.190. The molecule has 0 saturated carbocycles. The summed E-state index contributed by atoms with van der Waals surface area (Å²) in [7, 11) is 0. The van der Waals surface area contributed by atoms with Gasteiger partial charge in [0.1, 0.15) is 0 Å². The summed E-state index contributed by atoms with van der Waals surface area (Å²) in [6.07, 6.45) is 1.37. The Kier molecular flexibility index (Phi) is 5.65. The number of nitrogens with one attached hydrogen (secondary N) is 1. The van der Waals surface area contributed by atoms with Crippen molar-refractivity contribution in [1.29, 1.82) is 0 Å². The van der Waals surface area contributed by atoms with Crippen molar-refractivity contribution in [3.8, 4) is 10.4 Å². The van der Waals surface area contributed by atoms with Crippen molar-refractivity contribution < 1.29 is 13.2 Å². The normalized spacial score (nSPS) is 12.8. The second kappa shape index (κ2) is 8.37. The van der Waals surface area contributed by atoms with Gasteiger partial charge in [-0.3, -0.25) is 0 Å². The Morgan fingerprint density at radius 2 is 1.70 bits per heavy atom. The summed E-state index contributed by atoms with van der Waals surface area (Å²) in [6, 6.07) is 10.9. The van der Waals surface area contributed by atoms with E-state index in [9.17, 15) is 13.2 Å². The molecule has 0 amide bonds. The average Bonchev–Trinajstić information content (AvgIpc) is 3.21. The van der Waals surface area contributed by atoms with Gasteiger partial charge in [-0.2, -0.15) is 23.4 Å². The van der Waals surface area contributed by atoms with Crippen LogP contribution in [0.5, 0.6) is 0 Å². The number of nitrogens with two attached hydrogens (primary N) is 1. The van der Waals surface area contributed by atoms with Gasteiger partial charge in [0.05, 0.1) is 22.8 Å². The van der Waals surface area contributed by atoms with Crippen LogP contribution in [0.3, 0.4) is 0 Å². The molecule has 5 nitrogen and oxygen atoms in total. The lowest BCUT2D eigenvalue weighted by Crippen LogP contribution is -2.31. The molecule has 0 aliphatic rings. The van der Waals surface area contributed by atoms with Gasteiger partial charge >= 0.3 is 6.18 Å². The van der Waals surface area contributed by atoms with Crippen molar-refractivity contribution >= 4 is 27.2 Å². The molecule has 3 N–H and O–H groups in total. The molecule has 154 valence electrons. The van der Waals surface area contributed by atoms with Crippen LogP contribution in [-0.4, -0.2) is 27.8 Å². The van der Waals surface area contributed by atoms with E-state index in [0.29, 0.717) is 13.0 Å². The molecule has 4 rings (SSSR count). The number of rotatable bonds is 6. The van der Waals surface area contributed by atoms with Crippen LogP contribution in [0.25, 0.3) is 21.2 Å². The zero-order valence-electron chi connectivity index (χ0n) is 15.7. The number of hydrogen-bond donors (Lipinski definition) is 2. The molecule has 0 aliphatic carbocycles. The summed E-state index contributed by atoms with van der Waals surface area (Å²) in [6.45, 7) is 0.460. The van der Waals surface area contributed by atoms with E-state index in [1.807, 2.05) is 18.2 Å².